The molecule has 0 aliphatic heterocycles. The van der Waals surface area contributed by atoms with E-state index in [2.05, 4.69) is 4.98 Å². The number of hydrogen-bond donors (Lipinski definition) is 0. The number of nitrogens with zero attached hydrogens (tertiary/aromatic N) is 2. The minimum Gasteiger partial charge on any atom is -0.454 e. The quantitative estimate of drug-likeness (QED) is 0.428. The molecular weight excluding hydrogens is 344 g/mol. The Labute approximate surface area is 151 Å². The fourth-order valence-corrected chi connectivity index (χ4v) is 2.95. The number of hydrogen-bond acceptors (Lipinski definition) is 5. The summed E-state index contributed by atoms with van der Waals surface area (Å²) in [7, 11) is 1.64. The van der Waals surface area contributed by atoms with Crippen molar-refractivity contribution in [3.05, 3.63) is 52.1 Å². The summed E-state index contributed by atoms with van der Waals surface area (Å²) < 4.78 is 12.3. The Morgan fingerprint density at radius 1 is 1.32 bits per heavy atom. The van der Waals surface area contributed by atoms with Gasteiger partial charge in [-0.25, -0.2) is 9.78 Å². The van der Waals surface area contributed by atoms with Crippen LogP contribution in [0.15, 0.2) is 24.4 Å². The average Bonchev–Trinajstić information content (AvgIpc) is 2.88. The summed E-state index contributed by atoms with van der Waals surface area (Å²) in [6.45, 7) is 6.04. The maximum absolute atomic E-state index is 12.4. The van der Waals surface area contributed by atoms with Crippen molar-refractivity contribution in [3.63, 3.8) is 0 Å². The van der Waals surface area contributed by atoms with Crippen LogP contribution in [-0.4, -0.2) is 41.6 Å². The number of carbonyl (C=O) groups excluding carboxylic acids is 2. The van der Waals surface area contributed by atoms with Gasteiger partial charge in [0.15, 0.2) is 6.61 Å². The first-order valence-corrected chi connectivity index (χ1v) is 8.22. The zero-order chi connectivity index (χ0) is 18.6. The number of ether oxygens (including phenoxy) is 2. The van der Waals surface area contributed by atoms with Crippen LogP contribution in [0.2, 0.25) is 5.15 Å². The molecule has 0 bridgehead atoms. The Morgan fingerprint density at radius 3 is 2.64 bits per heavy atom. The lowest BCUT2D eigenvalue weighted by molar-refractivity contribution is 0.0474. The van der Waals surface area contributed by atoms with Gasteiger partial charge < -0.3 is 14.0 Å². The first-order chi connectivity index (χ1) is 11.8. The third-order valence-electron chi connectivity index (χ3n) is 3.93. The van der Waals surface area contributed by atoms with Crippen LogP contribution in [0.3, 0.4) is 0 Å². The number of Topliss-reactive ketones (excluding diaryl/α,β-unsaturated/α-hetero) is 1. The van der Waals surface area contributed by atoms with E-state index in [1.165, 1.54) is 18.3 Å². The van der Waals surface area contributed by atoms with Crippen molar-refractivity contribution >= 4 is 23.4 Å². The van der Waals surface area contributed by atoms with E-state index in [-0.39, 0.29) is 29.1 Å². The molecule has 25 heavy (non-hydrogen) atoms. The molecule has 2 aromatic rings. The minimum atomic E-state index is -0.612. The van der Waals surface area contributed by atoms with E-state index in [1.54, 1.807) is 7.11 Å². The topological polar surface area (TPSA) is 70.4 Å². The Morgan fingerprint density at radius 2 is 2.04 bits per heavy atom. The number of aryl methyl sites for hydroxylation is 1. The Bertz CT molecular complexity index is 768. The highest BCUT2D eigenvalue weighted by atomic mass is 35.5. The second kappa shape index (κ2) is 8.27. The van der Waals surface area contributed by atoms with Crippen molar-refractivity contribution in [2.24, 2.45) is 0 Å². The first-order valence-electron chi connectivity index (χ1n) is 7.84. The highest BCUT2D eigenvalue weighted by Gasteiger charge is 2.20. The van der Waals surface area contributed by atoms with Gasteiger partial charge in [-0.05, 0) is 39.0 Å². The molecule has 0 N–H and O–H groups in total. The van der Waals surface area contributed by atoms with Gasteiger partial charge in [-0.3, -0.25) is 4.79 Å². The second-order valence-corrected chi connectivity index (χ2v) is 6.22. The molecule has 0 amide bonds. The molecule has 0 radical (unpaired) electrons. The van der Waals surface area contributed by atoms with E-state index in [1.807, 2.05) is 31.4 Å². The number of rotatable bonds is 7. The summed E-state index contributed by atoms with van der Waals surface area (Å²) in [4.78, 5) is 28.2. The third kappa shape index (κ3) is 4.46. The van der Waals surface area contributed by atoms with Crippen LogP contribution in [-0.2, 0) is 9.47 Å². The van der Waals surface area contributed by atoms with Gasteiger partial charge in [0.1, 0.15) is 5.15 Å². The van der Waals surface area contributed by atoms with Crippen LogP contribution >= 0.6 is 11.6 Å². The number of methoxy groups -OCH3 is 1. The molecule has 0 saturated carbocycles. The van der Waals surface area contributed by atoms with E-state index in [0.717, 1.165) is 11.4 Å². The lowest BCUT2D eigenvalue weighted by atomic mass is 10.1. The molecule has 7 heteroatoms. The summed E-state index contributed by atoms with van der Waals surface area (Å²) in [5, 5.41) is 0.283. The molecule has 2 heterocycles. The molecular formula is C18H21ClN2O4. The van der Waals surface area contributed by atoms with Crippen LogP contribution in [0.5, 0.6) is 0 Å². The Kier molecular flexibility index (Phi) is 6.33. The van der Waals surface area contributed by atoms with Gasteiger partial charge in [-0.1, -0.05) is 11.6 Å². The molecule has 0 spiro atoms. The number of ketones is 1. The Hall–Kier alpha value is -2.18. The van der Waals surface area contributed by atoms with Gasteiger partial charge in [-0.15, -0.1) is 0 Å². The Balaban J connectivity index is 2.07. The van der Waals surface area contributed by atoms with Crippen molar-refractivity contribution in [2.75, 3.05) is 20.3 Å². The molecule has 134 valence electrons. The predicted molar refractivity (Wildman–Crippen MR) is 94.4 cm³/mol. The van der Waals surface area contributed by atoms with Crippen molar-refractivity contribution in [3.8, 4) is 0 Å². The van der Waals surface area contributed by atoms with Gasteiger partial charge in [0, 0.05) is 30.3 Å². The molecule has 2 rings (SSSR count). The SMILES string of the molecule is COC[C@H](C)n1c(C)cc(C(=O)COC(=O)c2ccc(Cl)nc2)c1C. The van der Waals surface area contributed by atoms with Crippen molar-refractivity contribution in [1.82, 2.24) is 9.55 Å². The second-order valence-electron chi connectivity index (χ2n) is 5.83. The summed E-state index contributed by atoms with van der Waals surface area (Å²) in [5.74, 6) is -0.863. The summed E-state index contributed by atoms with van der Waals surface area (Å²) in [5.41, 5.74) is 2.58. The van der Waals surface area contributed by atoms with Crippen LogP contribution in [0.1, 0.15) is 45.1 Å². The van der Waals surface area contributed by atoms with Gasteiger partial charge in [0.25, 0.3) is 0 Å². The van der Waals surface area contributed by atoms with Crippen LogP contribution < -0.4 is 0 Å². The zero-order valence-corrected chi connectivity index (χ0v) is 15.5. The zero-order valence-electron chi connectivity index (χ0n) is 14.7. The van der Waals surface area contributed by atoms with Crippen LogP contribution in [0.4, 0.5) is 0 Å². The monoisotopic (exact) mass is 364 g/mol. The maximum Gasteiger partial charge on any atom is 0.340 e. The van der Waals surface area contributed by atoms with Crippen molar-refractivity contribution in [2.45, 2.75) is 26.8 Å². The molecule has 0 aliphatic rings. The highest BCUT2D eigenvalue weighted by Crippen LogP contribution is 2.21. The summed E-state index contributed by atoms with van der Waals surface area (Å²) >= 11 is 5.68. The number of halogens is 1. The van der Waals surface area contributed by atoms with Crippen LogP contribution in [0, 0.1) is 13.8 Å². The van der Waals surface area contributed by atoms with Crippen LogP contribution in [0.25, 0.3) is 0 Å². The molecule has 0 saturated heterocycles. The highest BCUT2D eigenvalue weighted by molar-refractivity contribution is 6.29. The molecule has 0 aromatic carbocycles. The van der Waals surface area contributed by atoms with E-state index in [0.29, 0.717) is 12.2 Å². The van der Waals surface area contributed by atoms with Gasteiger partial charge >= 0.3 is 5.97 Å². The molecule has 0 aliphatic carbocycles. The summed E-state index contributed by atoms with van der Waals surface area (Å²) in [6.07, 6.45) is 1.31. The predicted octanol–water partition coefficient (Wildman–Crippen LogP) is 3.40. The number of carbonyl (C=O) groups is 2. The molecule has 6 nitrogen and oxygen atoms in total. The van der Waals surface area contributed by atoms with Gasteiger partial charge in [-0.2, -0.15) is 0 Å². The van der Waals surface area contributed by atoms with E-state index < -0.39 is 5.97 Å². The minimum absolute atomic E-state index is 0.106. The average molecular weight is 365 g/mol. The van der Waals surface area contributed by atoms with Gasteiger partial charge in [0.05, 0.1) is 18.2 Å². The first kappa shape index (κ1) is 19.1. The van der Waals surface area contributed by atoms with E-state index in [4.69, 9.17) is 21.1 Å². The maximum atomic E-state index is 12.4. The van der Waals surface area contributed by atoms with E-state index in [9.17, 15) is 9.59 Å². The van der Waals surface area contributed by atoms with E-state index >= 15 is 0 Å². The van der Waals surface area contributed by atoms with Crippen molar-refractivity contribution < 1.29 is 19.1 Å². The lowest BCUT2D eigenvalue weighted by Crippen LogP contribution is -2.17. The molecule has 0 fully saturated rings. The number of aromatic nitrogens is 2. The largest absolute Gasteiger partial charge is 0.454 e. The third-order valence-corrected chi connectivity index (χ3v) is 4.15. The summed E-state index contributed by atoms with van der Waals surface area (Å²) in [6, 6.07) is 4.90. The van der Waals surface area contributed by atoms with Crippen molar-refractivity contribution in [1.29, 1.82) is 0 Å². The molecule has 2 aromatic heterocycles. The molecule has 1 atom stereocenters. The van der Waals surface area contributed by atoms with Gasteiger partial charge in [0.2, 0.25) is 5.78 Å². The smallest absolute Gasteiger partial charge is 0.340 e. The number of esters is 1. The molecule has 0 unspecified atom stereocenters. The fraction of sp³-hybridized carbons (Fsp3) is 0.389. The fourth-order valence-electron chi connectivity index (χ4n) is 2.84. The normalized spacial score (nSPS) is 12.0. The lowest BCUT2D eigenvalue weighted by Gasteiger charge is -2.17. The standard InChI is InChI=1S/C18H21ClN2O4/c1-11-7-15(13(3)21(11)12(2)9-24-4)16(22)10-25-18(23)14-5-6-17(19)20-8-14/h5-8,12H,9-10H2,1-4H3/t12-/m0/s1. The number of pyridine rings is 1.